The Balaban J connectivity index is 4.18. The maximum absolute atomic E-state index is 11.4. The predicted molar refractivity (Wildman–Crippen MR) is 138 cm³/mol. The maximum atomic E-state index is 11.4. The predicted octanol–water partition coefficient (Wildman–Crippen LogP) is 5.48. The summed E-state index contributed by atoms with van der Waals surface area (Å²) >= 11 is 0. The van der Waals surface area contributed by atoms with E-state index in [1.807, 2.05) is 26.0 Å². The number of carbonyl (C=O) groups is 4. The van der Waals surface area contributed by atoms with E-state index in [1.165, 1.54) is 11.1 Å². The van der Waals surface area contributed by atoms with Gasteiger partial charge in [-0.2, -0.15) is 0 Å². The molecule has 0 unspecified atom stereocenters. The maximum Gasteiger partial charge on any atom is 0.331 e. The SMILES string of the molecule is C/C(=C\CC/C(C)=C/COC(=O)/C=C/C(=O)O)CC/C=C(\C)CC/C=C(\C)COC(=O)/C=C/C(=O)O. The molecule has 0 aliphatic carbocycles. The molecule has 0 fully saturated rings. The van der Waals surface area contributed by atoms with E-state index in [1.54, 1.807) is 0 Å². The van der Waals surface area contributed by atoms with E-state index >= 15 is 0 Å². The molecule has 0 atom stereocenters. The molecule has 0 aliphatic rings. The third kappa shape index (κ3) is 20.9. The van der Waals surface area contributed by atoms with Crippen LogP contribution in [0.25, 0.3) is 0 Å². The van der Waals surface area contributed by atoms with Crippen LogP contribution < -0.4 is 0 Å². The van der Waals surface area contributed by atoms with Crippen LogP contribution in [0, 0.1) is 0 Å². The van der Waals surface area contributed by atoms with Gasteiger partial charge in [0, 0.05) is 24.3 Å². The third-order valence-electron chi connectivity index (χ3n) is 4.92. The Hall–Kier alpha value is -3.68. The van der Waals surface area contributed by atoms with Crippen LogP contribution in [-0.4, -0.2) is 47.3 Å². The van der Waals surface area contributed by atoms with Crippen LogP contribution in [0.2, 0.25) is 0 Å². The first-order valence-corrected chi connectivity index (χ1v) is 11.8. The van der Waals surface area contributed by atoms with Gasteiger partial charge in [-0.05, 0) is 77.9 Å². The number of esters is 2. The Kier molecular flexibility index (Phi) is 17.6. The van der Waals surface area contributed by atoms with Crippen molar-refractivity contribution in [2.45, 2.75) is 66.2 Å². The van der Waals surface area contributed by atoms with Crippen LogP contribution in [0.5, 0.6) is 0 Å². The summed E-state index contributed by atoms with van der Waals surface area (Å²) in [4.78, 5) is 43.4. The molecule has 0 bridgehead atoms. The number of carboxylic acid groups (broad SMARTS) is 2. The summed E-state index contributed by atoms with van der Waals surface area (Å²) in [5.41, 5.74) is 4.61. The van der Waals surface area contributed by atoms with Gasteiger partial charge in [0.05, 0.1) is 0 Å². The van der Waals surface area contributed by atoms with Gasteiger partial charge in [-0.1, -0.05) is 34.9 Å². The van der Waals surface area contributed by atoms with Gasteiger partial charge in [-0.15, -0.1) is 0 Å². The molecular formula is C28H38O8. The average molecular weight is 503 g/mol. The van der Waals surface area contributed by atoms with Crippen molar-refractivity contribution >= 4 is 23.9 Å². The minimum Gasteiger partial charge on any atom is -0.478 e. The highest BCUT2D eigenvalue weighted by molar-refractivity contribution is 5.91. The first-order valence-electron chi connectivity index (χ1n) is 11.8. The summed E-state index contributed by atoms with van der Waals surface area (Å²) in [6.07, 6.45) is 17.0. The van der Waals surface area contributed by atoms with Crippen LogP contribution in [0.15, 0.2) is 70.9 Å². The molecule has 0 radical (unpaired) electrons. The molecule has 0 aromatic rings. The zero-order valence-corrected chi connectivity index (χ0v) is 21.6. The van der Waals surface area contributed by atoms with Gasteiger partial charge in [0.25, 0.3) is 0 Å². The largest absolute Gasteiger partial charge is 0.478 e. The lowest BCUT2D eigenvalue weighted by Crippen LogP contribution is -2.04. The summed E-state index contributed by atoms with van der Waals surface area (Å²) in [5.74, 6) is -3.74. The van der Waals surface area contributed by atoms with E-state index in [4.69, 9.17) is 19.7 Å². The van der Waals surface area contributed by atoms with Crippen LogP contribution in [0.1, 0.15) is 66.2 Å². The second kappa shape index (κ2) is 19.6. The van der Waals surface area contributed by atoms with Gasteiger partial charge in [0.15, 0.2) is 0 Å². The van der Waals surface area contributed by atoms with Gasteiger partial charge < -0.3 is 19.7 Å². The van der Waals surface area contributed by atoms with E-state index in [0.29, 0.717) is 0 Å². The minimum absolute atomic E-state index is 0.116. The molecule has 0 spiro atoms. The van der Waals surface area contributed by atoms with E-state index in [2.05, 4.69) is 26.0 Å². The number of aliphatic carboxylic acids is 2. The van der Waals surface area contributed by atoms with E-state index in [-0.39, 0.29) is 13.2 Å². The van der Waals surface area contributed by atoms with Crippen LogP contribution in [0.4, 0.5) is 0 Å². The Morgan fingerprint density at radius 1 is 0.556 bits per heavy atom. The summed E-state index contributed by atoms with van der Waals surface area (Å²) in [6.45, 7) is 8.29. The number of hydrogen-bond donors (Lipinski definition) is 2. The highest BCUT2D eigenvalue weighted by Crippen LogP contribution is 2.13. The van der Waals surface area contributed by atoms with Crippen molar-refractivity contribution in [2.75, 3.05) is 13.2 Å². The molecule has 0 aromatic heterocycles. The van der Waals surface area contributed by atoms with E-state index in [0.717, 1.165) is 74.0 Å². The molecule has 0 saturated carbocycles. The average Bonchev–Trinajstić information content (AvgIpc) is 2.80. The number of carbonyl (C=O) groups excluding carboxylic acids is 2. The number of hydrogen-bond acceptors (Lipinski definition) is 6. The fourth-order valence-electron chi connectivity index (χ4n) is 2.83. The van der Waals surface area contributed by atoms with Crippen molar-refractivity contribution < 1.29 is 38.9 Å². The number of ether oxygens (including phenoxy) is 2. The van der Waals surface area contributed by atoms with Crippen molar-refractivity contribution in [1.82, 2.24) is 0 Å². The Labute approximate surface area is 213 Å². The van der Waals surface area contributed by atoms with Crippen LogP contribution >= 0.6 is 0 Å². The molecule has 0 aromatic carbocycles. The van der Waals surface area contributed by atoms with Crippen molar-refractivity contribution in [1.29, 1.82) is 0 Å². The van der Waals surface area contributed by atoms with Gasteiger partial charge >= 0.3 is 23.9 Å². The molecule has 8 heteroatoms. The lowest BCUT2D eigenvalue weighted by atomic mass is 10.0. The topological polar surface area (TPSA) is 127 Å². The number of carboxylic acids is 2. The second-order valence-electron chi connectivity index (χ2n) is 8.40. The minimum atomic E-state index is -1.19. The molecule has 2 N–H and O–H groups in total. The highest BCUT2D eigenvalue weighted by atomic mass is 16.5. The zero-order valence-electron chi connectivity index (χ0n) is 21.6. The molecule has 198 valence electrons. The van der Waals surface area contributed by atoms with Gasteiger partial charge in [0.1, 0.15) is 13.2 Å². The molecule has 0 saturated heterocycles. The summed E-state index contributed by atoms with van der Waals surface area (Å²) in [7, 11) is 0. The van der Waals surface area contributed by atoms with Crippen LogP contribution in [-0.2, 0) is 28.7 Å². The monoisotopic (exact) mass is 502 g/mol. The first kappa shape index (κ1) is 32.3. The van der Waals surface area contributed by atoms with E-state index in [9.17, 15) is 19.2 Å². The Morgan fingerprint density at radius 3 is 1.39 bits per heavy atom. The quantitative estimate of drug-likeness (QED) is 0.152. The number of rotatable bonds is 17. The number of allylic oxidation sites excluding steroid dienone is 6. The molecule has 0 heterocycles. The smallest absolute Gasteiger partial charge is 0.331 e. The first-order chi connectivity index (χ1) is 17.0. The Bertz CT molecular complexity index is 929. The normalized spacial score (nSPS) is 13.3. The lowest BCUT2D eigenvalue weighted by molar-refractivity contribution is -0.138. The molecule has 0 amide bonds. The summed E-state index contributed by atoms with van der Waals surface area (Å²) in [5, 5.41) is 16.9. The van der Waals surface area contributed by atoms with Crippen molar-refractivity contribution in [3.05, 3.63) is 70.9 Å². The summed E-state index contributed by atoms with van der Waals surface area (Å²) < 4.78 is 9.89. The molecule has 0 rings (SSSR count). The fraction of sp³-hybridized carbons (Fsp3) is 0.429. The fourth-order valence-corrected chi connectivity index (χ4v) is 2.83. The van der Waals surface area contributed by atoms with Gasteiger partial charge in [0.2, 0.25) is 0 Å². The van der Waals surface area contributed by atoms with Gasteiger partial charge in [-0.3, -0.25) is 0 Å². The Morgan fingerprint density at radius 2 is 0.944 bits per heavy atom. The third-order valence-corrected chi connectivity index (χ3v) is 4.92. The second-order valence-corrected chi connectivity index (χ2v) is 8.40. The molecular weight excluding hydrogens is 464 g/mol. The van der Waals surface area contributed by atoms with Gasteiger partial charge in [-0.25, -0.2) is 19.2 Å². The zero-order chi connectivity index (χ0) is 27.3. The van der Waals surface area contributed by atoms with E-state index < -0.39 is 23.9 Å². The van der Waals surface area contributed by atoms with Crippen LogP contribution in [0.3, 0.4) is 0 Å². The molecule has 8 nitrogen and oxygen atoms in total. The van der Waals surface area contributed by atoms with Crippen molar-refractivity contribution in [3.8, 4) is 0 Å². The summed E-state index contributed by atoms with van der Waals surface area (Å²) in [6, 6.07) is 0. The standard InChI is InChI=1S/C28H38O8/c1-21(10-6-12-23(3)18-19-35-27(33)16-14-25(29)30)8-5-9-22(2)11-7-13-24(4)20-36-28(34)17-15-26(31)32/h9-10,13-18H,5-8,11-12,19-20H2,1-4H3,(H,29,30)(H,31,32)/b16-14+,17-15+,21-10+,22-9+,23-18+,24-13+. The molecule has 36 heavy (non-hydrogen) atoms. The highest BCUT2D eigenvalue weighted by Gasteiger charge is 2.00. The van der Waals surface area contributed by atoms with Crippen molar-refractivity contribution in [2.24, 2.45) is 0 Å². The molecule has 0 aliphatic heterocycles. The van der Waals surface area contributed by atoms with Crippen molar-refractivity contribution in [3.63, 3.8) is 0 Å². The lowest BCUT2D eigenvalue weighted by Gasteiger charge is -2.04.